The number of phenols is 1. The summed E-state index contributed by atoms with van der Waals surface area (Å²) in [6.45, 7) is 6.64. The lowest BCUT2D eigenvalue weighted by Gasteiger charge is -2.39. The fourth-order valence-corrected chi connectivity index (χ4v) is 5.12. The van der Waals surface area contributed by atoms with Gasteiger partial charge in [-0.3, -0.25) is 9.59 Å². The average Bonchev–Trinajstić information content (AvgIpc) is 3.83. The second kappa shape index (κ2) is 12.3. The first-order valence-electron chi connectivity index (χ1n) is 14.4. The van der Waals surface area contributed by atoms with Gasteiger partial charge in [0.1, 0.15) is 17.1 Å². The Morgan fingerprint density at radius 1 is 0.930 bits per heavy atom. The van der Waals surface area contributed by atoms with Crippen molar-refractivity contribution in [1.29, 1.82) is 0 Å². The number of methoxy groups -OCH3 is 1. The zero-order valence-electron chi connectivity index (χ0n) is 24.9. The molecule has 1 aliphatic heterocycles. The number of ether oxygens (including phenoxy) is 2. The number of benzene rings is 2. The maximum absolute atomic E-state index is 13.6. The van der Waals surface area contributed by atoms with Gasteiger partial charge in [-0.2, -0.15) is 0 Å². The lowest BCUT2D eigenvalue weighted by Crippen LogP contribution is -2.50. The number of aromatic nitrogens is 2. The summed E-state index contributed by atoms with van der Waals surface area (Å²) in [7, 11) is 1.46. The van der Waals surface area contributed by atoms with Crippen molar-refractivity contribution in [2.24, 2.45) is 0 Å². The molecule has 11 heteroatoms. The number of hydrogen-bond acceptors (Lipinski definition) is 8. The Kier molecular flexibility index (Phi) is 8.52. The van der Waals surface area contributed by atoms with Gasteiger partial charge in [0, 0.05) is 54.8 Å². The van der Waals surface area contributed by atoms with Crippen LogP contribution in [-0.2, 0) is 4.74 Å². The summed E-state index contributed by atoms with van der Waals surface area (Å²) < 4.78 is 10.7. The van der Waals surface area contributed by atoms with E-state index in [1.807, 2.05) is 25.7 Å². The highest BCUT2D eigenvalue weighted by Crippen LogP contribution is 2.34. The number of piperidine rings is 1. The van der Waals surface area contributed by atoms with Crippen LogP contribution in [0.15, 0.2) is 54.9 Å². The lowest BCUT2D eigenvalue weighted by atomic mass is 10.0. The van der Waals surface area contributed by atoms with Crippen LogP contribution in [0.5, 0.6) is 11.5 Å². The summed E-state index contributed by atoms with van der Waals surface area (Å²) in [5.41, 5.74) is 1.43. The normalized spacial score (nSPS) is 15.5. The van der Waals surface area contributed by atoms with E-state index in [0.29, 0.717) is 59.9 Å². The van der Waals surface area contributed by atoms with Crippen molar-refractivity contribution in [3.63, 3.8) is 0 Å². The number of aromatic hydroxyl groups is 1. The van der Waals surface area contributed by atoms with Crippen LogP contribution >= 0.6 is 0 Å². The molecule has 2 aliphatic rings. The van der Waals surface area contributed by atoms with Crippen molar-refractivity contribution >= 4 is 23.6 Å². The molecule has 3 aromatic rings. The maximum atomic E-state index is 13.6. The molecule has 1 aromatic heterocycles. The van der Waals surface area contributed by atoms with Crippen molar-refractivity contribution in [2.75, 3.05) is 25.5 Å². The fourth-order valence-electron chi connectivity index (χ4n) is 5.12. The fraction of sp³-hybridized carbons (Fsp3) is 0.406. The smallest absolute Gasteiger partial charge is 0.410 e. The number of nitrogens with zero attached hydrogens (tertiary/aromatic N) is 4. The minimum Gasteiger partial charge on any atom is -0.508 e. The first-order chi connectivity index (χ1) is 20.5. The van der Waals surface area contributed by atoms with E-state index >= 15 is 0 Å². The molecule has 11 nitrogen and oxygen atoms in total. The molecule has 5 rings (SSSR count). The van der Waals surface area contributed by atoms with Gasteiger partial charge in [-0.05, 0) is 70.7 Å². The number of hydrogen-bond donors (Lipinski definition) is 2. The van der Waals surface area contributed by atoms with Crippen LogP contribution in [0, 0.1) is 0 Å². The Hall–Kier alpha value is -4.67. The minimum atomic E-state index is -0.546. The van der Waals surface area contributed by atoms with Gasteiger partial charge in [0.25, 0.3) is 11.8 Å². The van der Waals surface area contributed by atoms with Crippen LogP contribution in [0.25, 0.3) is 11.4 Å². The van der Waals surface area contributed by atoms with E-state index in [4.69, 9.17) is 9.47 Å². The Labute approximate surface area is 250 Å². The van der Waals surface area contributed by atoms with E-state index in [1.165, 1.54) is 19.2 Å². The summed E-state index contributed by atoms with van der Waals surface area (Å²) in [5.74, 6) is 0.385. The number of rotatable bonds is 7. The SMILES string of the molecule is COc1cc(O)ccc1NC(=O)c1ccc(-c2ncc(C(=O)N(C3CC3)C3CCN(C(=O)OC(C)(C)C)CC3)cn2)cc1. The molecular weight excluding hydrogens is 550 g/mol. The summed E-state index contributed by atoms with van der Waals surface area (Å²) >= 11 is 0. The number of carbonyl (C=O) groups excluding carboxylic acids is 3. The summed E-state index contributed by atoms with van der Waals surface area (Å²) in [5, 5.41) is 12.4. The lowest BCUT2D eigenvalue weighted by molar-refractivity contribution is 0.0142. The number of anilines is 1. The van der Waals surface area contributed by atoms with Crippen LogP contribution < -0.4 is 10.1 Å². The van der Waals surface area contributed by atoms with Gasteiger partial charge in [0.2, 0.25) is 0 Å². The Morgan fingerprint density at radius 3 is 2.14 bits per heavy atom. The molecule has 2 fully saturated rings. The first kappa shape index (κ1) is 29.8. The zero-order valence-corrected chi connectivity index (χ0v) is 24.9. The van der Waals surface area contributed by atoms with Gasteiger partial charge < -0.3 is 29.7 Å². The van der Waals surface area contributed by atoms with Gasteiger partial charge >= 0.3 is 6.09 Å². The molecule has 0 atom stereocenters. The first-order valence-corrected chi connectivity index (χ1v) is 14.4. The largest absolute Gasteiger partial charge is 0.508 e. The van der Waals surface area contributed by atoms with Crippen LogP contribution in [0.4, 0.5) is 10.5 Å². The molecular formula is C32H37N5O6. The molecule has 1 saturated carbocycles. The summed E-state index contributed by atoms with van der Waals surface area (Å²) in [6.07, 6.45) is 6.11. The molecule has 1 saturated heterocycles. The van der Waals surface area contributed by atoms with Crippen molar-refractivity contribution < 1.29 is 29.0 Å². The van der Waals surface area contributed by atoms with E-state index in [2.05, 4.69) is 15.3 Å². The average molecular weight is 588 g/mol. The van der Waals surface area contributed by atoms with Gasteiger partial charge in [-0.15, -0.1) is 0 Å². The van der Waals surface area contributed by atoms with E-state index in [9.17, 15) is 19.5 Å². The molecule has 43 heavy (non-hydrogen) atoms. The Bertz CT molecular complexity index is 1470. The molecule has 0 bridgehead atoms. The number of amides is 3. The van der Waals surface area contributed by atoms with Gasteiger partial charge in [0.15, 0.2) is 5.82 Å². The maximum Gasteiger partial charge on any atom is 0.410 e. The third-order valence-electron chi connectivity index (χ3n) is 7.42. The highest BCUT2D eigenvalue weighted by molar-refractivity contribution is 6.05. The van der Waals surface area contributed by atoms with E-state index in [1.54, 1.807) is 47.6 Å². The molecule has 1 aliphatic carbocycles. The van der Waals surface area contributed by atoms with Crippen molar-refractivity contribution in [3.8, 4) is 22.9 Å². The molecule has 3 amide bonds. The van der Waals surface area contributed by atoms with Crippen molar-refractivity contribution in [1.82, 2.24) is 19.8 Å². The molecule has 0 unspecified atom stereocenters. The van der Waals surface area contributed by atoms with Crippen LogP contribution in [0.1, 0.15) is 67.2 Å². The second-order valence-electron chi connectivity index (χ2n) is 11.9. The number of phenolic OH excluding ortho intramolecular Hbond substituents is 1. The third-order valence-corrected chi connectivity index (χ3v) is 7.42. The standard InChI is InChI=1S/C32H37N5O6/c1-32(2,3)43-31(41)36-15-13-24(14-16-36)37(23-9-10-23)30(40)22-18-33-28(34-19-22)20-5-7-21(8-6-20)29(39)35-26-12-11-25(38)17-27(26)42-4/h5-8,11-12,17-19,23-24,38H,9-10,13-16H2,1-4H3,(H,35,39). The minimum absolute atomic E-state index is 0.0350. The van der Waals surface area contributed by atoms with E-state index < -0.39 is 5.60 Å². The highest BCUT2D eigenvalue weighted by Gasteiger charge is 2.40. The second-order valence-corrected chi connectivity index (χ2v) is 11.9. The quantitative estimate of drug-likeness (QED) is 0.364. The molecule has 2 heterocycles. The predicted octanol–water partition coefficient (Wildman–Crippen LogP) is 5.11. The molecule has 0 spiro atoms. The molecule has 2 N–H and O–H groups in total. The topological polar surface area (TPSA) is 134 Å². The number of nitrogens with one attached hydrogen (secondary N) is 1. The summed E-state index contributed by atoms with van der Waals surface area (Å²) in [4.78, 5) is 51.4. The highest BCUT2D eigenvalue weighted by atomic mass is 16.6. The summed E-state index contributed by atoms with van der Waals surface area (Å²) in [6, 6.07) is 11.5. The molecule has 2 aromatic carbocycles. The van der Waals surface area contributed by atoms with Gasteiger partial charge in [0.05, 0.1) is 18.4 Å². The van der Waals surface area contributed by atoms with Crippen molar-refractivity contribution in [2.45, 2.75) is 64.1 Å². The van der Waals surface area contributed by atoms with Crippen LogP contribution in [0.3, 0.4) is 0 Å². The molecule has 0 radical (unpaired) electrons. The van der Waals surface area contributed by atoms with E-state index in [0.717, 1.165) is 12.8 Å². The Morgan fingerprint density at radius 2 is 1.56 bits per heavy atom. The zero-order chi connectivity index (χ0) is 30.7. The van der Waals surface area contributed by atoms with Gasteiger partial charge in [-0.1, -0.05) is 12.1 Å². The number of carbonyl (C=O) groups is 3. The monoisotopic (exact) mass is 587 g/mol. The van der Waals surface area contributed by atoms with Crippen LogP contribution in [-0.4, -0.2) is 80.7 Å². The number of likely N-dealkylation sites (tertiary alicyclic amines) is 1. The third kappa shape index (κ3) is 7.22. The van der Waals surface area contributed by atoms with Crippen molar-refractivity contribution in [3.05, 3.63) is 66.0 Å². The van der Waals surface area contributed by atoms with Gasteiger partial charge in [-0.25, -0.2) is 14.8 Å². The predicted molar refractivity (Wildman–Crippen MR) is 160 cm³/mol. The van der Waals surface area contributed by atoms with Crippen LogP contribution in [0.2, 0.25) is 0 Å². The van der Waals surface area contributed by atoms with E-state index in [-0.39, 0.29) is 35.7 Å². The Balaban J connectivity index is 1.21. The molecule has 226 valence electrons.